The van der Waals surface area contributed by atoms with Crippen LogP contribution in [0.2, 0.25) is 0 Å². The first kappa shape index (κ1) is 14.8. The van der Waals surface area contributed by atoms with E-state index in [4.69, 9.17) is 4.74 Å². The second kappa shape index (κ2) is 6.72. The number of rotatable bonds is 5. The Morgan fingerprint density at radius 1 is 1.25 bits per heavy atom. The molecule has 2 rings (SSSR count). The van der Waals surface area contributed by atoms with Gasteiger partial charge in [-0.2, -0.15) is 0 Å². The summed E-state index contributed by atoms with van der Waals surface area (Å²) in [5.41, 5.74) is 1.56. The first-order valence-electron chi connectivity index (χ1n) is 6.11. The van der Waals surface area contributed by atoms with Crippen molar-refractivity contribution in [3.05, 3.63) is 57.8 Å². The molecule has 0 saturated heterocycles. The standard InChI is InChI=1S/C15H15BrFNO2/c1-20-14-7-10(6-12(16)15(14)19)8-18-9-11-4-2-3-5-13(11)17/h2-7,18-19H,8-9H2,1H3. The van der Waals surface area contributed by atoms with E-state index in [0.29, 0.717) is 28.9 Å². The molecule has 2 aromatic carbocycles. The number of ether oxygens (including phenoxy) is 1. The summed E-state index contributed by atoms with van der Waals surface area (Å²) in [6.07, 6.45) is 0. The minimum atomic E-state index is -0.218. The highest BCUT2D eigenvalue weighted by molar-refractivity contribution is 9.10. The van der Waals surface area contributed by atoms with E-state index in [1.54, 1.807) is 30.3 Å². The summed E-state index contributed by atoms with van der Waals surface area (Å²) in [4.78, 5) is 0. The van der Waals surface area contributed by atoms with Crippen LogP contribution in [-0.4, -0.2) is 12.2 Å². The maximum Gasteiger partial charge on any atom is 0.172 e. The second-order valence-electron chi connectivity index (χ2n) is 4.32. The molecule has 0 radical (unpaired) electrons. The van der Waals surface area contributed by atoms with E-state index in [2.05, 4.69) is 21.2 Å². The van der Waals surface area contributed by atoms with Crippen LogP contribution in [0.3, 0.4) is 0 Å². The van der Waals surface area contributed by atoms with Gasteiger partial charge >= 0.3 is 0 Å². The van der Waals surface area contributed by atoms with Gasteiger partial charge in [-0.05, 0) is 39.7 Å². The Labute approximate surface area is 125 Å². The molecule has 0 aliphatic carbocycles. The van der Waals surface area contributed by atoms with Gasteiger partial charge in [-0.3, -0.25) is 0 Å². The fraction of sp³-hybridized carbons (Fsp3) is 0.200. The van der Waals surface area contributed by atoms with Crippen LogP contribution in [0.5, 0.6) is 11.5 Å². The number of nitrogens with one attached hydrogen (secondary N) is 1. The van der Waals surface area contributed by atoms with Crippen LogP contribution in [0.25, 0.3) is 0 Å². The quantitative estimate of drug-likeness (QED) is 0.874. The zero-order chi connectivity index (χ0) is 14.5. The summed E-state index contributed by atoms with van der Waals surface area (Å²) in [5, 5.41) is 12.9. The topological polar surface area (TPSA) is 41.5 Å². The third-order valence-electron chi connectivity index (χ3n) is 2.91. The highest BCUT2D eigenvalue weighted by atomic mass is 79.9. The lowest BCUT2D eigenvalue weighted by atomic mass is 10.2. The summed E-state index contributed by atoms with van der Waals surface area (Å²) < 4.78 is 19.1. The van der Waals surface area contributed by atoms with Crippen LogP contribution in [0.1, 0.15) is 11.1 Å². The molecule has 0 saturated carbocycles. The van der Waals surface area contributed by atoms with Gasteiger partial charge in [0.1, 0.15) is 5.82 Å². The van der Waals surface area contributed by atoms with Crippen LogP contribution >= 0.6 is 15.9 Å². The highest BCUT2D eigenvalue weighted by Crippen LogP contribution is 2.35. The van der Waals surface area contributed by atoms with Crippen molar-refractivity contribution >= 4 is 15.9 Å². The predicted molar refractivity (Wildman–Crippen MR) is 79.3 cm³/mol. The Bertz CT molecular complexity index is 604. The number of aromatic hydroxyl groups is 1. The molecule has 0 bridgehead atoms. The molecule has 0 fully saturated rings. The molecule has 5 heteroatoms. The van der Waals surface area contributed by atoms with E-state index < -0.39 is 0 Å². The third-order valence-corrected chi connectivity index (χ3v) is 3.52. The summed E-state index contributed by atoms with van der Waals surface area (Å²) in [6.45, 7) is 0.983. The maximum absolute atomic E-state index is 13.5. The Morgan fingerprint density at radius 2 is 2.00 bits per heavy atom. The van der Waals surface area contributed by atoms with E-state index >= 15 is 0 Å². The van der Waals surface area contributed by atoms with Gasteiger partial charge in [0.2, 0.25) is 0 Å². The van der Waals surface area contributed by atoms with E-state index in [0.717, 1.165) is 5.56 Å². The van der Waals surface area contributed by atoms with Crippen LogP contribution in [0, 0.1) is 5.82 Å². The van der Waals surface area contributed by atoms with Crippen LogP contribution in [0.15, 0.2) is 40.9 Å². The van der Waals surface area contributed by atoms with Crippen molar-refractivity contribution in [1.29, 1.82) is 0 Å². The molecule has 3 nitrogen and oxygen atoms in total. The molecule has 0 spiro atoms. The largest absolute Gasteiger partial charge is 0.503 e. The van der Waals surface area contributed by atoms with E-state index in [1.165, 1.54) is 13.2 Å². The first-order chi connectivity index (χ1) is 9.61. The lowest BCUT2D eigenvalue weighted by molar-refractivity contribution is 0.371. The van der Waals surface area contributed by atoms with Gasteiger partial charge in [0.15, 0.2) is 11.5 Å². The Morgan fingerprint density at radius 3 is 2.70 bits per heavy atom. The zero-order valence-electron chi connectivity index (χ0n) is 11.0. The van der Waals surface area contributed by atoms with Crippen molar-refractivity contribution in [1.82, 2.24) is 5.32 Å². The monoisotopic (exact) mass is 339 g/mol. The number of phenolic OH excluding ortho intramolecular Hbond substituents is 1. The maximum atomic E-state index is 13.5. The van der Waals surface area contributed by atoms with Gasteiger partial charge in [0.25, 0.3) is 0 Å². The predicted octanol–water partition coefficient (Wildman–Crippen LogP) is 3.59. The van der Waals surface area contributed by atoms with Crippen molar-refractivity contribution in [3.8, 4) is 11.5 Å². The summed E-state index contributed by atoms with van der Waals surface area (Å²) in [7, 11) is 1.50. The minimum absolute atomic E-state index is 0.0744. The van der Waals surface area contributed by atoms with Gasteiger partial charge in [0.05, 0.1) is 11.6 Å². The van der Waals surface area contributed by atoms with E-state index in [-0.39, 0.29) is 11.6 Å². The summed E-state index contributed by atoms with van der Waals surface area (Å²) in [5.74, 6) is 0.261. The third kappa shape index (κ3) is 3.49. The second-order valence-corrected chi connectivity index (χ2v) is 5.18. The lowest BCUT2D eigenvalue weighted by Crippen LogP contribution is -2.13. The minimum Gasteiger partial charge on any atom is -0.503 e. The average Bonchev–Trinajstić information content (AvgIpc) is 2.44. The molecule has 106 valence electrons. The van der Waals surface area contributed by atoms with E-state index in [9.17, 15) is 9.50 Å². The number of phenols is 1. The fourth-order valence-corrected chi connectivity index (χ4v) is 2.36. The number of hydrogen-bond acceptors (Lipinski definition) is 3. The van der Waals surface area contributed by atoms with Crippen molar-refractivity contribution in [2.24, 2.45) is 0 Å². The van der Waals surface area contributed by atoms with Crippen LogP contribution < -0.4 is 10.1 Å². The SMILES string of the molecule is COc1cc(CNCc2ccccc2F)cc(Br)c1O. The first-order valence-corrected chi connectivity index (χ1v) is 6.90. The smallest absolute Gasteiger partial charge is 0.172 e. The average molecular weight is 340 g/mol. The molecular formula is C15H15BrFNO2. The van der Waals surface area contributed by atoms with Crippen molar-refractivity contribution in [2.75, 3.05) is 7.11 Å². The van der Waals surface area contributed by atoms with Crippen LogP contribution in [-0.2, 0) is 13.1 Å². The molecule has 0 amide bonds. The van der Waals surface area contributed by atoms with Gasteiger partial charge in [-0.15, -0.1) is 0 Å². The number of halogens is 2. The molecule has 0 heterocycles. The molecular weight excluding hydrogens is 325 g/mol. The van der Waals surface area contributed by atoms with Gasteiger partial charge in [-0.25, -0.2) is 4.39 Å². The molecule has 0 aliphatic heterocycles. The lowest BCUT2D eigenvalue weighted by Gasteiger charge is -2.10. The number of methoxy groups -OCH3 is 1. The van der Waals surface area contributed by atoms with Gasteiger partial charge in [0, 0.05) is 18.7 Å². The molecule has 0 aromatic heterocycles. The molecule has 0 aliphatic rings. The zero-order valence-corrected chi connectivity index (χ0v) is 12.6. The fourth-order valence-electron chi connectivity index (χ4n) is 1.87. The summed E-state index contributed by atoms with van der Waals surface area (Å²) >= 11 is 3.27. The number of hydrogen-bond donors (Lipinski definition) is 2. The van der Waals surface area contributed by atoms with Crippen molar-refractivity contribution in [3.63, 3.8) is 0 Å². The highest BCUT2D eigenvalue weighted by Gasteiger charge is 2.08. The van der Waals surface area contributed by atoms with Crippen molar-refractivity contribution in [2.45, 2.75) is 13.1 Å². The molecule has 2 N–H and O–H groups in total. The molecule has 2 aromatic rings. The van der Waals surface area contributed by atoms with E-state index in [1.807, 2.05) is 0 Å². The number of benzene rings is 2. The molecule has 20 heavy (non-hydrogen) atoms. The summed E-state index contributed by atoms with van der Waals surface area (Å²) in [6, 6.07) is 10.2. The van der Waals surface area contributed by atoms with Gasteiger partial charge in [-0.1, -0.05) is 18.2 Å². The molecule has 0 unspecified atom stereocenters. The molecule has 0 atom stereocenters. The Hall–Kier alpha value is -1.59. The van der Waals surface area contributed by atoms with Crippen molar-refractivity contribution < 1.29 is 14.2 Å². The van der Waals surface area contributed by atoms with Crippen LogP contribution in [0.4, 0.5) is 4.39 Å². The Balaban J connectivity index is 2.01. The van der Waals surface area contributed by atoms with Gasteiger partial charge < -0.3 is 15.2 Å². The Kier molecular flexibility index (Phi) is 4.98. The normalized spacial score (nSPS) is 10.6.